The summed E-state index contributed by atoms with van der Waals surface area (Å²) in [7, 11) is 0. The number of hydrogen-bond donors (Lipinski definition) is 2. The molecule has 9 heteroatoms. The predicted octanol–water partition coefficient (Wildman–Crippen LogP) is 4.51. The zero-order valence-electron chi connectivity index (χ0n) is 17.5. The molecule has 0 radical (unpaired) electrons. The second kappa shape index (κ2) is 8.73. The van der Waals surface area contributed by atoms with Crippen molar-refractivity contribution in [3.05, 3.63) is 70.1 Å². The first-order valence-corrected chi connectivity index (χ1v) is 11.0. The van der Waals surface area contributed by atoms with Crippen LogP contribution in [0.5, 0.6) is 0 Å². The van der Waals surface area contributed by atoms with Gasteiger partial charge in [0.25, 0.3) is 0 Å². The lowest BCUT2D eigenvalue weighted by Gasteiger charge is -2.33. The lowest BCUT2D eigenvalue weighted by atomic mass is 9.87. The normalized spacial score (nSPS) is 18.3. The second-order valence-corrected chi connectivity index (χ2v) is 8.69. The minimum absolute atomic E-state index is 0.0112. The molecule has 1 aliphatic heterocycles. The lowest BCUT2D eigenvalue weighted by molar-refractivity contribution is -0.125. The molecular formula is C23H23Cl2FN4O2. The van der Waals surface area contributed by atoms with Gasteiger partial charge in [0.1, 0.15) is 5.82 Å². The molecule has 0 bridgehead atoms. The van der Waals surface area contributed by atoms with Crippen LogP contribution >= 0.6 is 23.2 Å². The van der Waals surface area contributed by atoms with Crippen molar-refractivity contribution in [1.82, 2.24) is 14.7 Å². The fourth-order valence-corrected chi connectivity index (χ4v) is 4.88. The predicted molar refractivity (Wildman–Crippen MR) is 125 cm³/mol. The van der Waals surface area contributed by atoms with E-state index in [-0.39, 0.29) is 34.7 Å². The maximum atomic E-state index is 15.1. The molecule has 0 spiro atoms. The van der Waals surface area contributed by atoms with Gasteiger partial charge in [-0.05, 0) is 49.8 Å². The first-order chi connectivity index (χ1) is 15.3. The van der Waals surface area contributed by atoms with Gasteiger partial charge >= 0.3 is 0 Å². The van der Waals surface area contributed by atoms with Crippen molar-refractivity contribution in [3.8, 4) is 0 Å². The zero-order valence-corrected chi connectivity index (χ0v) is 19.0. The summed E-state index contributed by atoms with van der Waals surface area (Å²) in [4.78, 5) is 13.9. The van der Waals surface area contributed by atoms with E-state index in [9.17, 15) is 9.90 Å². The smallest absolute Gasteiger partial charge is 0.246 e. The molecule has 2 N–H and O–H groups in total. The number of nitrogens with one attached hydrogen (secondary N) is 1. The zero-order chi connectivity index (χ0) is 23.0. The molecule has 1 amide bonds. The first kappa shape index (κ1) is 22.6. The van der Waals surface area contributed by atoms with Gasteiger partial charge in [-0.3, -0.25) is 9.48 Å². The van der Waals surface area contributed by atoms with E-state index in [0.29, 0.717) is 25.2 Å². The number of nitrogens with zero attached hydrogens (tertiary/aromatic N) is 3. The number of carbonyl (C=O) groups is 1. The number of aliphatic hydroxyl groups excluding tert-OH is 1. The van der Waals surface area contributed by atoms with Gasteiger partial charge in [0, 0.05) is 35.4 Å². The molecular weight excluding hydrogens is 454 g/mol. The number of carbonyl (C=O) groups excluding carboxylic acids is 1. The van der Waals surface area contributed by atoms with Gasteiger partial charge in [0.05, 0.1) is 34.3 Å². The molecule has 6 nitrogen and oxygen atoms in total. The maximum Gasteiger partial charge on any atom is 0.246 e. The van der Waals surface area contributed by atoms with Crippen LogP contribution in [0.2, 0.25) is 10.0 Å². The molecule has 168 valence electrons. The van der Waals surface area contributed by atoms with Crippen LogP contribution in [0, 0.1) is 12.7 Å². The van der Waals surface area contributed by atoms with Crippen molar-refractivity contribution in [3.63, 3.8) is 0 Å². The molecule has 0 saturated carbocycles. The summed E-state index contributed by atoms with van der Waals surface area (Å²) in [6.45, 7) is 6.49. The number of halogens is 3. The summed E-state index contributed by atoms with van der Waals surface area (Å²) in [6, 6.07) is 8.39. The van der Waals surface area contributed by atoms with Gasteiger partial charge in [0.15, 0.2) is 0 Å². The summed E-state index contributed by atoms with van der Waals surface area (Å²) in [5.41, 5.74) is 1.64. The van der Waals surface area contributed by atoms with Crippen molar-refractivity contribution >= 4 is 45.7 Å². The average molecular weight is 477 g/mol. The van der Waals surface area contributed by atoms with Gasteiger partial charge in [0.2, 0.25) is 5.91 Å². The largest absolute Gasteiger partial charge is 0.394 e. The molecule has 1 aromatic heterocycles. The van der Waals surface area contributed by atoms with E-state index in [1.165, 1.54) is 18.2 Å². The molecule has 1 fully saturated rings. The van der Waals surface area contributed by atoms with E-state index in [2.05, 4.69) is 17.0 Å². The lowest BCUT2D eigenvalue weighted by Crippen LogP contribution is -2.41. The Bertz CT molecular complexity index is 1210. The van der Waals surface area contributed by atoms with E-state index >= 15 is 4.39 Å². The number of likely N-dealkylation sites (tertiary alicyclic amines) is 1. The van der Waals surface area contributed by atoms with Crippen molar-refractivity contribution in [2.75, 3.05) is 25.0 Å². The first-order valence-electron chi connectivity index (χ1n) is 10.2. The quantitative estimate of drug-likeness (QED) is 0.405. The molecule has 2 aromatic carbocycles. The number of anilines is 1. The third-order valence-electron chi connectivity index (χ3n) is 5.98. The summed E-state index contributed by atoms with van der Waals surface area (Å²) < 4.78 is 16.8. The van der Waals surface area contributed by atoms with Crippen molar-refractivity contribution < 1.29 is 14.3 Å². The van der Waals surface area contributed by atoms with Gasteiger partial charge in [-0.15, -0.1) is 0 Å². The van der Waals surface area contributed by atoms with Crippen LogP contribution in [0.25, 0.3) is 10.9 Å². The number of aromatic nitrogens is 2. The minimum Gasteiger partial charge on any atom is -0.394 e. The standard InChI is InChI=1S/C23H23Cl2FN4O2/c1-3-20(32)29-9-8-23(13-29,21-18(26)7-6-17(24)22(21)25)27-15-4-5-16-14(2)30(10-11-31)28-19(16)12-15/h3-7,12,27,31H,1,8-11,13H2,2H3/t23-/m1/s1. The molecule has 1 aliphatic rings. The molecule has 32 heavy (non-hydrogen) atoms. The van der Waals surface area contributed by atoms with Crippen molar-refractivity contribution in [1.29, 1.82) is 0 Å². The van der Waals surface area contributed by atoms with E-state index in [4.69, 9.17) is 23.2 Å². The number of amides is 1. The summed E-state index contributed by atoms with van der Waals surface area (Å²) in [5.74, 6) is -0.731. The Morgan fingerprint density at radius 3 is 2.88 bits per heavy atom. The average Bonchev–Trinajstić information content (AvgIpc) is 3.33. The maximum absolute atomic E-state index is 15.1. The van der Waals surface area contributed by atoms with Gasteiger partial charge in [-0.2, -0.15) is 5.10 Å². The summed E-state index contributed by atoms with van der Waals surface area (Å²) in [6.07, 6.45) is 1.67. The highest BCUT2D eigenvalue weighted by Gasteiger charge is 2.44. The number of aliphatic hydroxyl groups is 1. The minimum atomic E-state index is -0.985. The highest BCUT2D eigenvalue weighted by molar-refractivity contribution is 6.42. The molecule has 4 rings (SSSR count). The van der Waals surface area contributed by atoms with Crippen LogP contribution in [-0.4, -0.2) is 45.4 Å². The molecule has 1 atom stereocenters. The van der Waals surface area contributed by atoms with Crippen LogP contribution in [0.4, 0.5) is 10.1 Å². The van der Waals surface area contributed by atoms with Gasteiger partial charge in [-0.25, -0.2) is 4.39 Å². The Labute approximate surface area is 195 Å². The Morgan fingerprint density at radius 1 is 1.38 bits per heavy atom. The van der Waals surface area contributed by atoms with Crippen LogP contribution in [-0.2, 0) is 16.9 Å². The van der Waals surface area contributed by atoms with E-state index in [1.54, 1.807) is 9.58 Å². The number of benzene rings is 2. The van der Waals surface area contributed by atoms with Crippen LogP contribution in [0.3, 0.4) is 0 Å². The Kier molecular flexibility index (Phi) is 6.16. The monoisotopic (exact) mass is 476 g/mol. The Balaban J connectivity index is 1.79. The summed E-state index contributed by atoms with van der Waals surface area (Å²) in [5, 5.41) is 18.6. The summed E-state index contributed by atoms with van der Waals surface area (Å²) >= 11 is 12.7. The fraction of sp³-hybridized carbons (Fsp3) is 0.304. The van der Waals surface area contributed by atoms with Crippen molar-refractivity contribution in [2.24, 2.45) is 0 Å². The molecule has 1 saturated heterocycles. The van der Waals surface area contributed by atoms with Gasteiger partial charge < -0.3 is 15.3 Å². The van der Waals surface area contributed by atoms with Crippen molar-refractivity contribution in [2.45, 2.75) is 25.4 Å². The van der Waals surface area contributed by atoms with Crippen LogP contribution in [0.1, 0.15) is 17.7 Å². The van der Waals surface area contributed by atoms with Crippen LogP contribution in [0.15, 0.2) is 43.0 Å². The Morgan fingerprint density at radius 2 is 2.16 bits per heavy atom. The van der Waals surface area contributed by atoms with E-state index in [0.717, 1.165) is 16.6 Å². The second-order valence-electron chi connectivity index (χ2n) is 7.90. The molecule has 0 unspecified atom stereocenters. The molecule has 3 aromatic rings. The number of fused-ring (bicyclic) bond motifs is 1. The number of aryl methyl sites for hydroxylation is 1. The number of hydrogen-bond acceptors (Lipinski definition) is 4. The third-order valence-corrected chi connectivity index (χ3v) is 6.78. The SMILES string of the molecule is C=CC(=O)N1CC[C@](Nc2ccc3c(C)n(CCO)nc3c2)(c2c(F)ccc(Cl)c2Cl)C1. The highest BCUT2D eigenvalue weighted by atomic mass is 35.5. The Hall–Kier alpha value is -2.61. The molecule has 0 aliphatic carbocycles. The number of rotatable bonds is 6. The topological polar surface area (TPSA) is 70.4 Å². The van der Waals surface area contributed by atoms with E-state index < -0.39 is 11.4 Å². The highest BCUT2D eigenvalue weighted by Crippen LogP contribution is 2.43. The third kappa shape index (κ3) is 3.85. The fourth-order valence-electron chi connectivity index (χ4n) is 4.39. The van der Waals surface area contributed by atoms with Crippen LogP contribution < -0.4 is 5.32 Å². The van der Waals surface area contributed by atoms with Gasteiger partial charge in [-0.1, -0.05) is 29.8 Å². The molecule has 2 heterocycles. The van der Waals surface area contributed by atoms with E-state index in [1.807, 2.05) is 25.1 Å².